The van der Waals surface area contributed by atoms with Crippen LogP contribution < -0.4 is 11.1 Å². The second-order valence-electron chi connectivity index (χ2n) is 6.43. The summed E-state index contributed by atoms with van der Waals surface area (Å²) >= 11 is 0. The van der Waals surface area contributed by atoms with E-state index in [1.165, 1.54) is 6.42 Å². The number of carbonyl (C=O) groups is 1. The normalized spacial score (nSPS) is 20.9. The first-order valence-electron chi connectivity index (χ1n) is 7.49. The summed E-state index contributed by atoms with van der Waals surface area (Å²) in [6.07, 6.45) is 5.24. The van der Waals surface area contributed by atoms with E-state index in [1.807, 2.05) is 6.07 Å². The van der Waals surface area contributed by atoms with Gasteiger partial charge in [-0.25, -0.2) is 4.98 Å². The third-order valence-electron chi connectivity index (χ3n) is 4.23. The van der Waals surface area contributed by atoms with Gasteiger partial charge in [0.15, 0.2) is 0 Å². The van der Waals surface area contributed by atoms with Crippen molar-refractivity contribution < 1.29 is 4.79 Å². The molecule has 1 aliphatic carbocycles. The number of rotatable bonds is 4. The second kappa shape index (κ2) is 5.81. The van der Waals surface area contributed by atoms with Crippen molar-refractivity contribution in [3.8, 4) is 0 Å². The van der Waals surface area contributed by atoms with Gasteiger partial charge < -0.3 is 11.1 Å². The molecule has 1 aliphatic rings. The van der Waals surface area contributed by atoms with Crippen LogP contribution in [0.2, 0.25) is 0 Å². The van der Waals surface area contributed by atoms with Crippen LogP contribution in [-0.4, -0.2) is 16.9 Å². The van der Waals surface area contributed by atoms with E-state index in [4.69, 9.17) is 5.73 Å². The smallest absolute Gasteiger partial charge is 0.251 e. The van der Waals surface area contributed by atoms with E-state index in [0.717, 1.165) is 31.4 Å². The Morgan fingerprint density at radius 1 is 1.50 bits per heavy atom. The Labute approximate surface area is 121 Å². The zero-order valence-corrected chi connectivity index (χ0v) is 12.7. The van der Waals surface area contributed by atoms with Gasteiger partial charge in [0.1, 0.15) is 5.82 Å². The molecule has 0 radical (unpaired) electrons. The van der Waals surface area contributed by atoms with Crippen molar-refractivity contribution in [3.05, 3.63) is 23.4 Å². The molecule has 4 heteroatoms. The van der Waals surface area contributed by atoms with Crippen molar-refractivity contribution in [3.63, 3.8) is 0 Å². The highest BCUT2D eigenvalue weighted by molar-refractivity contribution is 5.95. The minimum absolute atomic E-state index is 0.0311. The first-order valence-corrected chi connectivity index (χ1v) is 7.49. The van der Waals surface area contributed by atoms with Gasteiger partial charge in [-0.1, -0.05) is 33.6 Å². The number of hydrogen-bond acceptors (Lipinski definition) is 3. The predicted octanol–water partition coefficient (Wildman–Crippen LogP) is 2.92. The Balaban J connectivity index is 2.13. The third kappa shape index (κ3) is 3.30. The van der Waals surface area contributed by atoms with Crippen molar-refractivity contribution in [2.75, 3.05) is 5.73 Å². The quantitative estimate of drug-likeness (QED) is 0.887. The molecule has 1 heterocycles. The molecule has 0 aromatic carbocycles. The van der Waals surface area contributed by atoms with Crippen molar-refractivity contribution in [2.24, 2.45) is 5.41 Å². The minimum atomic E-state index is -0.0311. The molecule has 0 saturated heterocycles. The molecule has 20 heavy (non-hydrogen) atoms. The van der Waals surface area contributed by atoms with E-state index in [9.17, 15) is 4.79 Å². The number of amides is 1. The molecule has 1 amide bonds. The number of pyridine rings is 1. The van der Waals surface area contributed by atoms with Crippen LogP contribution in [0.5, 0.6) is 0 Å². The molecule has 2 rings (SSSR count). The van der Waals surface area contributed by atoms with Gasteiger partial charge >= 0.3 is 0 Å². The van der Waals surface area contributed by atoms with Crippen LogP contribution in [0.1, 0.15) is 62.5 Å². The van der Waals surface area contributed by atoms with Gasteiger partial charge in [-0.2, -0.15) is 0 Å². The fraction of sp³-hybridized carbons (Fsp3) is 0.625. The third-order valence-corrected chi connectivity index (χ3v) is 4.23. The van der Waals surface area contributed by atoms with E-state index < -0.39 is 0 Å². The van der Waals surface area contributed by atoms with Crippen molar-refractivity contribution in [2.45, 2.75) is 58.9 Å². The minimum Gasteiger partial charge on any atom is -0.384 e. The zero-order chi connectivity index (χ0) is 14.8. The van der Waals surface area contributed by atoms with Crippen molar-refractivity contribution in [1.82, 2.24) is 10.3 Å². The Morgan fingerprint density at radius 3 is 2.85 bits per heavy atom. The number of hydrogen-bond donors (Lipinski definition) is 2. The average Bonchev–Trinajstić information content (AvgIpc) is 2.68. The monoisotopic (exact) mass is 275 g/mol. The Bertz CT molecular complexity index is 496. The lowest BCUT2D eigenvalue weighted by Gasteiger charge is -2.27. The van der Waals surface area contributed by atoms with Gasteiger partial charge in [-0.3, -0.25) is 4.79 Å². The van der Waals surface area contributed by atoms with Crippen LogP contribution >= 0.6 is 0 Å². The van der Waals surface area contributed by atoms with E-state index in [2.05, 4.69) is 31.1 Å². The van der Waals surface area contributed by atoms with Crippen LogP contribution in [-0.2, 0) is 6.42 Å². The molecule has 1 unspecified atom stereocenters. The summed E-state index contributed by atoms with van der Waals surface area (Å²) in [5.74, 6) is 0.392. The maximum atomic E-state index is 12.4. The highest BCUT2D eigenvalue weighted by Gasteiger charge is 2.35. The fourth-order valence-corrected chi connectivity index (χ4v) is 2.96. The SMILES string of the molecule is CCCc1cc(C(=O)NC2CCCC2(C)C)cc(N)n1. The van der Waals surface area contributed by atoms with Crippen LogP contribution in [0.25, 0.3) is 0 Å². The second-order valence-corrected chi connectivity index (χ2v) is 6.43. The first kappa shape index (κ1) is 14.8. The number of nitrogens with two attached hydrogens (primary N) is 1. The molecule has 1 atom stereocenters. The number of nitrogens with one attached hydrogen (secondary N) is 1. The number of anilines is 1. The maximum Gasteiger partial charge on any atom is 0.251 e. The molecule has 1 fully saturated rings. The van der Waals surface area contributed by atoms with Gasteiger partial charge in [0, 0.05) is 17.3 Å². The zero-order valence-electron chi connectivity index (χ0n) is 12.7. The van der Waals surface area contributed by atoms with Crippen LogP contribution in [0, 0.1) is 5.41 Å². The number of aromatic nitrogens is 1. The Morgan fingerprint density at radius 2 is 2.25 bits per heavy atom. The summed E-state index contributed by atoms with van der Waals surface area (Å²) in [7, 11) is 0. The largest absolute Gasteiger partial charge is 0.384 e. The first-order chi connectivity index (χ1) is 9.42. The van der Waals surface area contributed by atoms with E-state index in [0.29, 0.717) is 11.4 Å². The predicted molar refractivity (Wildman–Crippen MR) is 81.5 cm³/mol. The highest BCUT2D eigenvalue weighted by Crippen LogP contribution is 2.37. The van der Waals surface area contributed by atoms with Crippen LogP contribution in [0.15, 0.2) is 12.1 Å². The number of carbonyl (C=O) groups excluding carboxylic acids is 1. The van der Waals surface area contributed by atoms with Gasteiger partial charge in [-0.05, 0) is 36.8 Å². The van der Waals surface area contributed by atoms with Crippen LogP contribution in [0.4, 0.5) is 5.82 Å². The summed E-state index contributed by atoms with van der Waals surface area (Å²) in [6.45, 7) is 6.52. The summed E-state index contributed by atoms with van der Waals surface area (Å²) in [5.41, 5.74) is 7.50. The van der Waals surface area contributed by atoms with Crippen molar-refractivity contribution >= 4 is 11.7 Å². The number of aryl methyl sites for hydroxylation is 1. The lowest BCUT2D eigenvalue weighted by Crippen LogP contribution is -2.41. The van der Waals surface area contributed by atoms with Gasteiger partial charge in [-0.15, -0.1) is 0 Å². The molecular formula is C16H25N3O. The average molecular weight is 275 g/mol. The molecule has 0 bridgehead atoms. The molecule has 0 spiro atoms. The number of nitrogens with zero attached hydrogens (tertiary/aromatic N) is 1. The van der Waals surface area contributed by atoms with E-state index in [1.54, 1.807) is 6.07 Å². The van der Waals surface area contributed by atoms with E-state index in [-0.39, 0.29) is 17.4 Å². The summed E-state index contributed by atoms with van der Waals surface area (Å²) in [4.78, 5) is 16.7. The molecular weight excluding hydrogens is 250 g/mol. The topological polar surface area (TPSA) is 68.0 Å². The summed E-state index contributed by atoms with van der Waals surface area (Å²) < 4.78 is 0. The molecule has 110 valence electrons. The molecule has 3 N–H and O–H groups in total. The van der Waals surface area contributed by atoms with Crippen molar-refractivity contribution in [1.29, 1.82) is 0 Å². The molecule has 1 aromatic heterocycles. The van der Waals surface area contributed by atoms with Crippen LogP contribution in [0.3, 0.4) is 0 Å². The molecule has 1 saturated carbocycles. The summed E-state index contributed by atoms with van der Waals surface area (Å²) in [5, 5.41) is 3.16. The Hall–Kier alpha value is -1.58. The maximum absolute atomic E-state index is 12.4. The molecule has 4 nitrogen and oxygen atoms in total. The Kier molecular flexibility index (Phi) is 4.31. The lowest BCUT2D eigenvalue weighted by molar-refractivity contribution is 0.0910. The standard InChI is InChI=1S/C16H25N3O/c1-4-6-12-9-11(10-14(17)18-12)15(20)19-13-7-5-8-16(13,2)3/h9-10,13H,4-8H2,1-3H3,(H2,17,18)(H,19,20). The summed E-state index contributed by atoms with van der Waals surface area (Å²) in [6, 6.07) is 3.77. The fourth-order valence-electron chi connectivity index (χ4n) is 2.96. The number of nitrogen functional groups attached to an aromatic ring is 1. The molecule has 1 aromatic rings. The highest BCUT2D eigenvalue weighted by atomic mass is 16.1. The van der Waals surface area contributed by atoms with E-state index >= 15 is 0 Å². The molecule has 0 aliphatic heterocycles. The van der Waals surface area contributed by atoms with Gasteiger partial charge in [0.05, 0.1) is 0 Å². The lowest BCUT2D eigenvalue weighted by atomic mass is 9.87. The van der Waals surface area contributed by atoms with Gasteiger partial charge in [0.2, 0.25) is 0 Å². The van der Waals surface area contributed by atoms with Gasteiger partial charge in [0.25, 0.3) is 5.91 Å².